The zero-order valence-corrected chi connectivity index (χ0v) is 20.1. The van der Waals surface area contributed by atoms with Crippen molar-refractivity contribution in [2.75, 3.05) is 32.9 Å². The largest absolute Gasteiger partial charge is 0.490 e. The van der Waals surface area contributed by atoms with Gasteiger partial charge in [0.2, 0.25) is 10.0 Å². The molecular weight excluding hydrogens is 468 g/mol. The zero-order valence-electron chi connectivity index (χ0n) is 19.3. The van der Waals surface area contributed by atoms with Gasteiger partial charge in [-0.25, -0.2) is 13.2 Å². The minimum Gasteiger partial charge on any atom is -0.490 e. The summed E-state index contributed by atoms with van der Waals surface area (Å²) in [5.41, 5.74) is 1.91. The van der Waals surface area contributed by atoms with E-state index in [1.54, 1.807) is 18.3 Å². The lowest BCUT2D eigenvalue weighted by atomic mass is 10.1. The van der Waals surface area contributed by atoms with E-state index < -0.39 is 16.0 Å². The minimum atomic E-state index is -3.64. The van der Waals surface area contributed by atoms with E-state index in [4.69, 9.17) is 14.2 Å². The van der Waals surface area contributed by atoms with Gasteiger partial charge >= 0.3 is 5.97 Å². The number of esters is 1. The van der Waals surface area contributed by atoms with Crippen molar-refractivity contribution in [2.45, 2.75) is 11.8 Å². The molecule has 1 saturated heterocycles. The number of carbonyl (C=O) groups is 1. The number of hydrogen-bond donors (Lipinski definition) is 0. The monoisotopic (exact) mass is 494 g/mol. The fourth-order valence-electron chi connectivity index (χ4n) is 3.49. The quantitative estimate of drug-likeness (QED) is 0.346. The minimum absolute atomic E-state index is 0.120. The zero-order chi connectivity index (χ0) is 24.7. The Hall–Kier alpha value is -3.53. The van der Waals surface area contributed by atoms with Gasteiger partial charge in [0.1, 0.15) is 0 Å². The highest BCUT2D eigenvalue weighted by Crippen LogP contribution is 2.30. The van der Waals surface area contributed by atoms with Crippen LogP contribution in [0.2, 0.25) is 0 Å². The van der Waals surface area contributed by atoms with Gasteiger partial charge in [-0.3, -0.25) is 4.98 Å². The summed E-state index contributed by atoms with van der Waals surface area (Å²) in [5, 5.41) is 0. The number of pyridine rings is 1. The van der Waals surface area contributed by atoms with Crippen LogP contribution in [0.3, 0.4) is 0 Å². The summed E-state index contributed by atoms with van der Waals surface area (Å²) in [6.07, 6.45) is 5.49. The predicted molar refractivity (Wildman–Crippen MR) is 132 cm³/mol. The maximum atomic E-state index is 12.8. The van der Waals surface area contributed by atoms with E-state index in [-0.39, 0.29) is 16.2 Å². The third-order valence-corrected chi connectivity index (χ3v) is 7.22. The molecule has 0 unspecified atom stereocenters. The third kappa shape index (κ3) is 6.13. The summed E-state index contributed by atoms with van der Waals surface area (Å²) in [5.74, 6) is 0.0884. The average Bonchev–Trinajstić information content (AvgIpc) is 2.90. The third-order valence-electron chi connectivity index (χ3n) is 5.30. The van der Waals surface area contributed by atoms with Crippen molar-refractivity contribution < 1.29 is 27.4 Å². The van der Waals surface area contributed by atoms with Crippen molar-refractivity contribution in [2.24, 2.45) is 0 Å². The van der Waals surface area contributed by atoms with Crippen LogP contribution in [0.4, 0.5) is 0 Å². The second kappa shape index (κ2) is 11.3. The number of nitrogens with zero attached hydrogens (tertiary/aromatic N) is 2. The number of benzene rings is 2. The Kier molecular flexibility index (Phi) is 7.91. The Labute approximate surface area is 204 Å². The summed E-state index contributed by atoms with van der Waals surface area (Å²) in [7, 11) is -3.64. The Bertz CT molecular complexity index is 1290. The van der Waals surface area contributed by atoms with Crippen LogP contribution < -0.4 is 9.47 Å². The number of morpholine rings is 1. The van der Waals surface area contributed by atoms with Gasteiger partial charge < -0.3 is 14.2 Å². The SMILES string of the molecule is CCOc1cc(/C=C/c2ccccn2)ccc1OC(=O)c1ccc(S(=O)(=O)N2CCOCC2)cc1. The molecule has 182 valence electrons. The highest BCUT2D eigenvalue weighted by Gasteiger charge is 2.26. The van der Waals surface area contributed by atoms with Crippen LogP contribution in [-0.4, -0.2) is 56.6 Å². The maximum absolute atomic E-state index is 12.8. The normalized spacial score (nSPS) is 14.7. The molecule has 0 spiro atoms. The molecule has 0 atom stereocenters. The molecule has 1 fully saturated rings. The van der Waals surface area contributed by atoms with E-state index in [2.05, 4.69) is 4.98 Å². The predicted octanol–water partition coefficient (Wildman–Crippen LogP) is 3.89. The molecule has 3 aromatic rings. The lowest BCUT2D eigenvalue weighted by Gasteiger charge is -2.26. The van der Waals surface area contributed by atoms with E-state index in [1.165, 1.54) is 28.6 Å². The van der Waals surface area contributed by atoms with Gasteiger partial charge in [-0.15, -0.1) is 0 Å². The van der Waals surface area contributed by atoms with Crippen molar-refractivity contribution >= 4 is 28.1 Å². The van der Waals surface area contributed by atoms with Gasteiger partial charge in [-0.1, -0.05) is 18.2 Å². The van der Waals surface area contributed by atoms with Crippen molar-refractivity contribution in [1.29, 1.82) is 0 Å². The van der Waals surface area contributed by atoms with Gasteiger partial charge in [0.25, 0.3) is 0 Å². The molecule has 35 heavy (non-hydrogen) atoms. The number of rotatable bonds is 8. The van der Waals surface area contributed by atoms with Gasteiger partial charge in [0.15, 0.2) is 11.5 Å². The van der Waals surface area contributed by atoms with Gasteiger partial charge in [0.05, 0.1) is 36.0 Å². The Morgan fingerprint density at radius 3 is 2.49 bits per heavy atom. The Morgan fingerprint density at radius 1 is 1.03 bits per heavy atom. The van der Waals surface area contributed by atoms with E-state index in [1.807, 2.05) is 43.3 Å². The van der Waals surface area contributed by atoms with Crippen LogP contribution in [0.15, 0.2) is 71.8 Å². The van der Waals surface area contributed by atoms with E-state index in [0.717, 1.165) is 11.3 Å². The van der Waals surface area contributed by atoms with E-state index >= 15 is 0 Å². The molecule has 1 aromatic heterocycles. The Morgan fingerprint density at radius 2 is 1.80 bits per heavy atom. The summed E-state index contributed by atoms with van der Waals surface area (Å²) in [6.45, 7) is 3.58. The summed E-state index contributed by atoms with van der Waals surface area (Å²) < 4.78 is 43.4. The van der Waals surface area contributed by atoms with E-state index in [0.29, 0.717) is 38.7 Å². The van der Waals surface area contributed by atoms with Gasteiger partial charge in [0, 0.05) is 19.3 Å². The highest BCUT2D eigenvalue weighted by molar-refractivity contribution is 7.89. The number of ether oxygens (including phenoxy) is 3. The van der Waals surface area contributed by atoms with Crippen molar-refractivity contribution in [3.63, 3.8) is 0 Å². The first-order valence-corrected chi connectivity index (χ1v) is 12.7. The van der Waals surface area contributed by atoms with Crippen LogP contribution in [0.1, 0.15) is 28.5 Å². The molecular formula is C26H26N2O6S. The molecule has 0 N–H and O–H groups in total. The van der Waals surface area contributed by atoms with Crippen molar-refractivity contribution in [1.82, 2.24) is 9.29 Å². The Balaban J connectivity index is 1.48. The molecule has 2 heterocycles. The lowest BCUT2D eigenvalue weighted by Crippen LogP contribution is -2.40. The first kappa shape index (κ1) is 24.6. The fourth-order valence-corrected chi connectivity index (χ4v) is 4.90. The molecule has 1 aliphatic rings. The van der Waals surface area contributed by atoms with Crippen LogP contribution in [0.5, 0.6) is 11.5 Å². The molecule has 0 bridgehead atoms. The van der Waals surface area contributed by atoms with Crippen molar-refractivity contribution in [3.05, 3.63) is 83.7 Å². The topological polar surface area (TPSA) is 95.0 Å². The maximum Gasteiger partial charge on any atom is 0.343 e. The van der Waals surface area contributed by atoms with E-state index in [9.17, 15) is 13.2 Å². The standard InChI is InChI=1S/C26H26N2O6S/c1-2-33-25-19-20(6-10-22-5-3-4-14-27-22)7-13-24(25)34-26(29)21-8-11-23(12-9-21)35(30,31)28-15-17-32-18-16-28/h3-14,19H,2,15-18H2,1H3/b10-6+. The fraction of sp³-hybridized carbons (Fsp3) is 0.231. The molecule has 0 aliphatic carbocycles. The number of carbonyl (C=O) groups excluding carboxylic acids is 1. The number of aromatic nitrogens is 1. The highest BCUT2D eigenvalue weighted by atomic mass is 32.2. The van der Waals surface area contributed by atoms with Gasteiger partial charge in [-0.2, -0.15) is 4.31 Å². The van der Waals surface area contributed by atoms with Gasteiger partial charge in [-0.05, 0) is 67.1 Å². The molecule has 2 aromatic carbocycles. The molecule has 8 nitrogen and oxygen atoms in total. The second-order valence-corrected chi connectivity index (χ2v) is 9.60. The van der Waals surface area contributed by atoms with Crippen LogP contribution in [0, 0.1) is 0 Å². The molecule has 9 heteroatoms. The molecule has 4 rings (SSSR count). The van der Waals surface area contributed by atoms with Crippen molar-refractivity contribution in [3.8, 4) is 11.5 Å². The lowest BCUT2D eigenvalue weighted by molar-refractivity contribution is 0.0728. The molecule has 1 aliphatic heterocycles. The van der Waals surface area contributed by atoms with Crippen LogP contribution in [0.25, 0.3) is 12.2 Å². The van der Waals surface area contributed by atoms with Crippen LogP contribution >= 0.6 is 0 Å². The van der Waals surface area contributed by atoms with Crippen LogP contribution in [-0.2, 0) is 14.8 Å². The summed E-state index contributed by atoms with van der Waals surface area (Å²) in [6, 6.07) is 16.6. The number of hydrogen-bond acceptors (Lipinski definition) is 7. The summed E-state index contributed by atoms with van der Waals surface area (Å²) in [4.78, 5) is 17.1. The average molecular weight is 495 g/mol. The smallest absolute Gasteiger partial charge is 0.343 e. The first-order valence-electron chi connectivity index (χ1n) is 11.2. The summed E-state index contributed by atoms with van der Waals surface area (Å²) >= 11 is 0. The number of sulfonamides is 1. The molecule has 0 amide bonds. The first-order chi connectivity index (χ1) is 17.0. The molecule has 0 radical (unpaired) electrons. The second-order valence-electron chi connectivity index (χ2n) is 7.66. The molecule has 0 saturated carbocycles.